The Hall–Kier alpha value is -2.99. The Morgan fingerprint density at radius 2 is 1.46 bits per heavy atom. The average molecular weight is 365 g/mol. The molecule has 0 aliphatic rings. The van der Waals surface area contributed by atoms with Crippen molar-refractivity contribution in [1.29, 1.82) is 0 Å². The van der Waals surface area contributed by atoms with Gasteiger partial charge in [0.1, 0.15) is 9.88 Å². The highest BCUT2D eigenvalue weighted by Gasteiger charge is 2.19. The van der Waals surface area contributed by atoms with Gasteiger partial charge < -0.3 is 10.6 Å². The first kappa shape index (κ1) is 17.8. The van der Waals surface area contributed by atoms with Gasteiger partial charge in [0.15, 0.2) is 0 Å². The van der Waals surface area contributed by atoms with E-state index in [0.717, 1.165) is 16.1 Å². The zero-order valence-electron chi connectivity index (χ0n) is 14.4. The second kappa shape index (κ2) is 8.40. The molecular formula is C20H19N3O2S. The van der Waals surface area contributed by atoms with Crippen LogP contribution in [0.4, 0.5) is 0 Å². The molecule has 3 rings (SSSR count). The number of benzene rings is 2. The van der Waals surface area contributed by atoms with Crippen LogP contribution in [-0.4, -0.2) is 29.9 Å². The zero-order valence-corrected chi connectivity index (χ0v) is 15.2. The molecule has 2 amide bonds. The summed E-state index contributed by atoms with van der Waals surface area (Å²) in [5.74, 6) is -0.303. The van der Waals surface area contributed by atoms with Crippen LogP contribution in [0.1, 0.15) is 16.6 Å². The molecular weight excluding hydrogens is 346 g/mol. The van der Waals surface area contributed by atoms with E-state index in [4.69, 9.17) is 4.98 Å². The summed E-state index contributed by atoms with van der Waals surface area (Å²) in [5, 5.41) is 6.31. The van der Waals surface area contributed by atoms with E-state index in [9.17, 15) is 9.59 Å². The first-order valence-electron chi connectivity index (χ1n) is 8.29. The van der Waals surface area contributed by atoms with Crippen LogP contribution >= 0.6 is 11.3 Å². The van der Waals surface area contributed by atoms with Crippen LogP contribution < -0.4 is 10.6 Å². The average Bonchev–Trinajstić information content (AvgIpc) is 3.12. The number of amides is 2. The van der Waals surface area contributed by atoms with Crippen molar-refractivity contribution in [2.75, 3.05) is 13.1 Å². The monoisotopic (exact) mass is 365 g/mol. The zero-order chi connectivity index (χ0) is 18.4. The summed E-state index contributed by atoms with van der Waals surface area (Å²) in [7, 11) is 0. The van der Waals surface area contributed by atoms with Gasteiger partial charge >= 0.3 is 0 Å². The van der Waals surface area contributed by atoms with Crippen molar-refractivity contribution in [2.45, 2.75) is 6.92 Å². The molecule has 132 valence electrons. The SMILES string of the molecule is CC(=O)NCCNC(=O)c1sc(-c2ccccc2)nc1-c1ccccc1. The molecule has 1 aromatic heterocycles. The van der Waals surface area contributed by atoms with Crippen LogP contribution in [0.2, 0.25) is 0 Å². The predicted molar refractivity (Wildman–Crippen MR) is 104 cm³/mol. The van der Waals surface area contributed by atoms with Crippen molar-refractivity contribution in [3.05, 3.63) is 65.5 Å². The lowest BCUT2D eigenvalue weighted by Crippen LogP contribution is -2.33. The Kier molecular flexibility index (Phi) is 5.76. The minimum absolute atomic E-state index is 0.117. The van der Waals surface area contributed by atoms with Crippen molar-refractivity contribution in [3.8, 4) is 21.8 Å². The maximum atomic E-state index is 12.7. The second-order valence-corrected chi connectivity index (χ2v) is 6.67. The summed E-state index contributed by atoms with van der Waals surface area (Å²) >= 11 is 1.37. The summed E-state index contributed by atoms with van der Waals surface area (Å²) in [6, 6.07) is 19.5. The van der Waals surface area contributed by atoms with Crippen LogP contribution in [0, 0.1) is 0 Å². The van der Waals surface area contributed by atoms with Crippen LogP contribution in [0.3, 0.4) is 0 Å². The lowest BCUT2D eigenvalue weighted by atomic mass is 10.1. The van der Waals surface area contributed by atoms with Gasteiger partial charge in [-0.1, -0.05) is 60.7 Å². The quantitative estimate of drug-likeness (QED) is 0.658. The van der Waals surface area contributed by atoms with Gasteiger partial charge in [0.2, 0.25) is 5.91 Å². The van der Waals surface area contributed by atoms with Crippen LogP contribution in [0.5, 0.6) is 0 Å². The number of nitrogens with zero attached hydrogens (tertiary/aromatic N) is 1. The maximum Gasteiger partial charge on any atom is 0.263 e. The molecule has 0 spiro atoms. The third-order valence-corrected chi connectivity index (χ3v) is 4.79. The lowest BCUT2D eigenvalue weighted by molar-refractivity contribution is -0.118. The number of aromatic nitrogens is 1. The van der Waals surface area contributed by atoms with Crippen LogP contribution in [0.25, 0.3) is 21.8 Å². The molecule has 26 heavy (non-hydrogen) atoms. The second-order valence-electron chi connectivity index (χ2n) is 5.67. The minimum atomic E-state index is -0.186. The molecule has 5 nitrogen and oxygen atoms in total. The van der Waals surface area contributed by atoms with Crippen molar-refractivity contribution >= 4 is 23.2 Å². The fourth-order valence-corrected chi connectivity index (χ4v) is 3.47. The summed E-state index contributed by atoms with van der Waals surface area (Å²) in [4.78, 5) is 28.9. The number of carbonyl (C=O) groups is 2. The molecule has 0 saturated carbocycles. The molecule has 0 aliphatic heterocycles. The Morgan fingerprint density at radius 3 is 2.08 bits per heavy atom. The van der Waals surface area contributed by atoms with E-state index >= 15 is 0 Å². The molecule has 0 fully saturated rings. The van der Waals surface area contributed by atoms with E-state index < -0.39 is 0 Å². The van der Waals surface area contributed by atoms with E-state index in [1.807, 2.05) is 60.7 Å². The van der Waals surface area contributed by atoms with E-state index in [1.165, 1.54) is 18.3 Å². The summed E-state index contributed by atoms with van der Waals surface area (Å²) < 4.78 is 0. The molecule has 6 heteroatoms. The summed E-state index contributed by atoms with van der Waals surface area (Å²) in [6.07, 6.45) is 0. The molecule has 0 unspecified atom stereocenters. The summed E-state index contributed by atoms with van der Waals surface area (Å²) in [5.41, 5.74) is 2.55. The van der Waals surface area contributed by atoms with Crippen molar-refractivity contribution in [1.82, 2.24) is 15.6 Å². The molecule has 2 N–H and O–H groups in total. The highest BCUT2D eigenvalue weighted by atomic mass is 32.1. The van der Waals surface area contributed by atoms with Crippen molar-refractivity contribution < 1.29 is 9.59 Å². The minimum Gasteiger partial charge on any atom is -0.355 e. The number of carbonyl (C=O) groups excluding carboxylic acids is 2. The molecule has 0 bridgehead atoms. The highest BCUT2D eigenvalue weighted by Crippen LogP contribution is 2.33. The normalized spacial score (nSPS) is 10.3. The smallest absolute Gasteiger partial charge is 0.263 e. The third-order valence-electron chi connectivity index (χ3n) is 3.69. The molecule has 1 heterocycles. The Labute approximate surface area is 156 Å². The number of hydrogen-bond donors (Lipinski definition) is 2. The Morgan fingerprint density at radius 1 is 0.885 bits per heavy atom. The molecule has 3 aromatic rings. The van der Waals surface area contributed by atoms with Gasteiger partial charge in [-0.2, -0.15) is 0 Å². The molecule has 0 aliphatic carbocycles. The standard InChI is InChI=1S/C20H19N3O2S/c1-14(24)21-12-13-22-19(25)18-17(15-8-4-2-5-9-15)23-20(26-18)16-10-6-3-7-11-16/h2-11H,12-13H2,1H3,(H,21,24)(H,22,25). The van der Waals surface area contributed by atoms with Gasteiger partial charge in [0.25, 0.3) is 5.91 Å². The highest BCUT2D eigenvalue weighted by molar-refractivity contribution is 7.17. The topological polar surface area (TPSA) is 71.1 Å². The number of thiazole rings is 1. The molecule has 0 radical (unpaired) electrons. The maximum absolute atomic E-state index is 12.7. The molecule has 0 saturated heterocycles. The van der Waals surface area contributed by atoms with Gasteiger partial charge in [-0.15, -0.1) is 11.3 Å². The predicted octanol–water partition coefficient (Wildman–Crippen LogP) is 3.34. The van der Waals surface area contributed by atoms with E-state index in [1.54, 1.807) is 0 Å². The fourth-order valence-electron chi connectivity index (χ4n) is 2.46. The Balaban J connectivity index is 1.88. The van der Waals surface area contributed by atoms with Crippen molar-refractivity contribution in [3.63, 3.8) is 0 Å². The number of hydrogen-bond acceptors (Lipinski definition) is 4. The van der Waals surface area contributed by atoms with E-state index in [2.05, 4.69) is 10.6 Å². The Bertz CT molecular complexity index is 892. The van der Waals surface area contributed by atoms with Crippen LogP contribution in [-0.2, 0) is 4.79 Å². The summed E-state index contributed by atoms with van der Waals surface area (Å²) in [6.45, 7) is 2.21. The fraction of sp³-hybridized carbons (Fsp3) is 0.150. The first-order valence-corrected chi connectivity index (χ1v) is 9.11. The molecule has 0 atom stereocenters. The largest absolute Gasteiger partial charge is 0.355 e. The van der Waals surface area contributed by atoms with Gasteiger partial charge in [-0.25, -0.2) is 4.98 Å². The van der Waals surface area contributed by atoms with E-state index in [-0.39, 0.29) is 11.8 Å². The number of rotatable bonds is 6. The van der Waals surface area contributed by atoms with Gasteiger partial charge in [-0.05, 0) is 0 Å². The van der Waals surface area contributed by atoms with E-state index in [0.29, 0.717) is 23.7 Å². The van der Waals surface area contributed by atoms with Gasteiger partial charge in [0, 0.05) is 31.1 Å². The third kappa shape index (κ3) is 4.34. The van der Waals surface area contributed by atoms with Crippen molar-refractivity contribution in [2.24, 2.45) is 0 Å². The molecule has 2 aromatic carbocycles. The van der Waals surface area contributed by atoms with Gasteiger partial charge in [-0.3, -0.25) is 9.59 Å². The number of nitrogens with one attached hydrogen (secondary N) is 2. The van der Waals surface area contributed by atoms with Crippen LogP contribution in [0.15, 0.2) is 60.7 Å². The lowest BCUT2D eigenvalue weighted by Gasteiger charge is -2.05. The van der Waals surface area contributed by atoms with Gasteiger partial charge in [0.05, 0.1) is 5.69 Å². The first-order chi connectivity index (χ1) is 12.6.